The van der Waals surface area contributed by atoms with Gasteiger partial charge < -0.3 is 4.74 Å². The van der Waals surface area contributed by atoms with Crippen molar-refractivity contribution in [2.75, 3.05) is 6.61 Å². The maximum absolute atomic E-state index is 11.6. The van der Waals surface area contributed by atoms with Crippen LogP contribution in [0, 0.1) is 6.92 Å². The van der Waals surface area contributed by atoms with Gasteiger partial charge in [0.25, 0.3) is 5.91 Å². The van der Waals surface area contributed by atoms with Gasteiger partial charge in [-0.25, -0.2) is 0 Å². The van der Waals surface area contributed by atoms with E-state index in [1.807, 2.05) is 24.4 Å². The molecule has 0 aliphatic carbocycles. The summed E-state index contributed by atoms with van der Waals surface area (Å²) in [5, 5.41) is 2.50. The van der Waals surface area contributed by atoms with Crippen LogP contribution in [-0.4, -0.2) is 18.4 Å². The van der Waals surface area contributed by atoms with Gasteiger partial charge >= 0.3 is 0 Å². The van der Waals surface area contributed by atoms with Gasteiger partial charge in [-0.2, -0.15) is 0 Å². The van der Waals surface area contributed by atoms with E-state index in [2.05, 4.69) is 10.9 Å². The van der Waals surface area contributed by atoms with Crippen LogP contribution in [0.3, 0.4) is 0 Å². The van der Waals surface area contributed by atoms with E-state index in [1.165, 1.54) is 11.3 Å². The Balaban J connectivity index is 1.72. The summed E-state index contributed by atoms with van der Waals surface area (Å²) < 4.78 is 5.37. The molecule has 0 unspecified atom stereocenters. The number of amides is 2. The van der Waals surface area contributed by atoms with E-state index >= 15 is 0 Å². The van der Waals surface area contributed by atoms with Crippen LogP contribution >= 0.6 is 22.9 Å². The van der Waals surface area contributed by atoms with Crippen LogP contribution < -0.4 is 15.6 Å². The van der Waals surface area contributed by atoms with Crippen molar-refractivity contribution in [1.82, 2.24) is 10.9 Å². The van der Waals surface area contributed by atoms with Crippen LogP contribution in [-0.2, 0) is 16.0 Å². The molecule has 0 atom stereocenters. The molecule has 0 saturated carbocycles. The quantitative estimate of drug-likeness (QED) is 0.823. The second kappa shape index (κ2) is 7.82. The molecule has 7 heteroatoms. The minimum atomic E-state index is -0.436. The third-order valence-electron chi connectivity index (χ3n) is 2.75. The van der Waals surface area contributed by atoms with Gasteiger partial charge in [0.05, 0.1) is 6.42 Å². The monoisotopic (exact) mass is 338 g/mol. The highest BCUT2D eigenvalue weighted by molar-refractivity contribution is 7.10. The van der Waals surface area contributed by atoms with Crippen molar-refractivity contribution in [2.45, 2.75) is 13.3 Å². The number of benzene rings is 1. The molecule has 116 valence electrons. The first kappa shape index (κ1) is 16.3. The number of ether oxygens (including phenoxy) is 1. The van der Waals surface area contributed by atoms with Gasteiger partial charge in [-0.15, -0.1) is 11.3 Å². The van der Waals surface area contributed by atoms with Crippen molar-refractivity contribution in [1.29, 1.82) is 0 Å². The van der Waals surface area contributed by atoms with Gasteiger partial charge in [0.2, 0.25) is 5.91 Å². The van der Waals surface area contributed by atoms with Crippen molar-refractivity contribution < 1.29 is 14.3 Å². The van der Waals surface area contributed by atoms with E-state index in [-0.39, 0.29) is 18.9 Å². The van der Waals surface area contributed by atoms with E-state index in [0.29, 0.717) is 10.8 Å². The number of hydrogen-bond acceptors (Lipinski definition) is 4. The van der Waals surface area contributed by atoms with Gasteiger partial charge in [-0.1, -0.05) is 17.7 Å². The number of rotatable bonds is 5. The SMILES string of the molecule is Cc1cc(Cl)ccc1OCC(=O)NNC(=O)Cc1cccs1. The van der Waals surface area contributed by atoms with Gasteiger partial charge in [-0.05, 0) is 42.1 Å². The summed E-state index contributed by atoms with van der Waals surface area (Å²) in [5.41, 5.74) is 5.49. The molecule has 2 rings (SSSR count). The molecule has 22 heavy (non-hydrogen) atoms. The smallest absolute Gasteiger partial charge is 0.276 e. The highest BCUT2D eigenvalue weighted by Gasteiger charge is 2.08. The van der Waals surface area contributed by atoms with E-state index in [1.54, 1.807) is 18.2 Å². The van der Waals surface area contributed by atoms with Gasteiger partial charge in [0, 0.05) is 9.90 Å². The summed E-state index contributed by atoms with van der Waals surface area (Å²) in [7, 11) is 0. The fraction of sp³-hybridized carbons (Fsp3) is 0.200. The fourth-order valence-electron chi connectivity index (χ4n) is 1.71. The summed E-state index contributed by atoms with van der Waals surface area (Å²) in [6.45, 7) is 1.64. The third-order valence-corrected chi connectivity index (χ3v) is 3.86. The van der Waals surface area contributed by atoms with Crippen molar-refractivity contribution in [3.63, 3.8) is 0 Å². The molecule has 5 nitrogen and oxygen atoms in total. The number of hydrogen-bond donors (Lipinski definition) is 2. The molecule has 2 N–H and O–H groups in total. The zero-order valence-corrected chi connectivity index (χ0v) is 13.5. The molecule has 1 aromatic heterocycles. The first-order valence-corrected chi connectivity index (χ1v) is 7.79. The molecule has 2 aromatic rings. The number of hydrazine groups is 1. The first-order chi connectivity index (χ1) is 10.5. The molecular weight excluding hydrogens is 324 g/mol. The lowest BCUT2D eigenvalue weighted by atomic mass is 10.2. The first-order valence-electron chi connectivity index (χ1n) is 6.53. The van der Waals surface area contributed by atoms with Crippen LogP contribution in [0.4, 0.5) is 0 Å². The van der Waals surface area contributed by atoms with Crippen molar-refractivity contribution in [2.24, 2.45) is 0 Å². The van der Waals surface area contributed by atoms with Gasteiger partial charge in [0.15, 0.2) is 6.61 Å². The molecule has 0 fully saturated rings. The molecule has 0 spiro atoms. The Morgan fingerprint density at radius 3 is 2.68 bits per heavy atom. The Labute approximate surface area is 137 Å². The number of carbonyl (C=O) groups excluding carboxylic acids is 2. The Hall–Kier alpha value is -2.05. The van der Waals surface area contributed by atoms with Gasteiger partial charge in [-0.3, -0.25) is 20.4 Å². The third kappa shape index (κ3) is 5.05. The topological polar surface area (TPSA) is 67.4 Å². The van der Waals surface area contributed by atoms with Crippen molar-refractivity contribution in [3.8, 4) is 5.75 Å². The molecular formula is C15H15ClN2O3S. The Kier molecular flexibility index (Phi) is 5.80. The van der Waals surface area contributed by atoms with Crippen molar-refractivity contribution in [3.05, 3.63) is 51.2 Å². The van der Waals surface area contributed by atoms with Gasteiger partial charge in [0.1, 0.15) is 5.75 Å². The van der Waals surface area contributed by atoms with Crippen LogP contribution in [0.1, 0.15) is 10.4 Å². The molecule has 2 amide bonds. The Bertz CT molecular complexity index is 659. The maximum atomic E-state index is 11.6. The molecule has 0 bridgehead atoms. The van der Waals surface area contributed by atoms with Crippen LogP contribution in [0.15, 0.2) is 35.7 Å². The highest BCUT2D eigenvalue weighted by atomic mass is 35.5. The largest absolute Gasteiger partial charge is 0.483 e. The predicted octanol–water partition coefficient (Wildman–Crippen LogP) is 2.48. The van der Waals surface area contributed by atoms with E-state index in [4.69, 9.17) is 16.3 Å². The zero-order valence-electron chi connectivity index (χ0n) is 11.9. The molecule has 0 aliphatic heterocycles. The van der Waals surface area contributed by atoms with Crippen molar-refractivity contribution >= 4 is 34.8 Å². The maximum Gasteiger partial charge on any atom is 0.276 e. The summed E-state index contributed by atoms with van der Waals surface area (Å²) in [5.74, 6) is -0.142. The molecule has 1 aromatic carbocycles. The second-order valence-corrected chi connectivity index (χ2v) is 6.02. The molecule has 0 aliphatic rings. The molecule has 0 saturated heterocycles. The lowest BCUT2D eigenvalue weighted by Crippen LogP contribution is -2.44. The summed E-state index contributed by atoms with van der Waals surface area (Å²) in [6, 6.07) is 8.86. The van der Waals surface area contributed by atoms with E-state index < -0.39 is 5.91 Å². The van der Waals surface area contributed by atoms with Crippen LogP contribution in [0.25, 0.3) is 0 Å². The average Bonchev–Trinajstić information content (AvgIpc) is 2.97. The standard InChI is InChI=1S/C15H15ClN2O3S/c1-10-7-11(16)4-5-13(10)21-9-15(20)18-17-14(19)8-12-3-2-6-22-12/h2-7H,8-9H2,1H3,(H,17,19)(H,18,20). The average molecular weight is 339 g/mol. The summed E-state index contributed by atoms with van der Waals surface area (Å²) in [6.07, 6.45) is 0.231. The minimum Gasteiger partial charge on any atom is -0.483 e. The fourth-order valence-corrected chi connectivity index (χ4v) is 2.64. The number of aryl methyl sites for hydroxylation is 1. The number of carbonyl (C=O) groups is 2. The Morgan fingerprint density at radius 2 is 2.00 bits per heavy atom. The number of thiophene rings is 1. The lowest BCUT2D eigenvalue weighted by molar-refractivity contribution is -0.129. The molecule has 0 radical (unpaired) electrons. The number of halogens is 1. The summed E-state index contributed by atoms with van der Waals surface area (Å²) >= 11 is 7.33. The second-order valence-electron chi connectivity index (χ2n) is 4.55. The lowest BCUT2D eigenvalue weighted by Gasteiger charge is -2.10. The minimum absolute atomic E-state index is 0.193. The normalized spacial score (nSPS) is 10.1. The number of nitrogens with one attached hydrogen (secondary N) is 2. The highest BCUT2D eigenvalue weighted by Crippen LogP contribution is 2.21. The van der Waals surface area contributed by atoms with E-state index in [0.717, 1.165) is 10.4 Å². The summed E-state index contributed by atoms with van der Waals surface area (Å²) in [4.78, 5) is 24.2. The Morgan fingerprint density at radius 1 is 1.23 bits per heavy atom. The predicted molar refractivity (Wildman–Crippen MR) is 86.0 cm³/mol. The van der Waals surface area contributed by atoms with E-state index in [9.17, 15) is 9.59 Å². The molecule has 1 heterocycles. The van der Waals surface area contributed by atoms with Crippen LogP contribution in [0.2, 0.25) is 5.02 Å². The van der Waals surface area contributed by atoms with Crippen LogP contribution in [0.5, 0.6) is 5.75 Å². The zero-order chi connectivity index (χ0) is 15.9.